The van der Waals surface area contributed by atoms with Crippen molar-refractivity contribution in [2.24, 2.45) is 0 Å². The number of rotatable bonds is 6. The quantitative estimate of drug-likeness (QED) is 0.765. The zero-order chi connectivity index (χ0) is 12.0. The van der Waals surface area contributed by atoms with Gasteiger partial charge in [-0.25, -0.2) is 0 Å². The van der Waals surface area contributed by atoms with Gasteiger partial charge in [-0.05, 0) is 12.8 Å². The largest absolute Gasteiger partial charge is 0.311 e. The Morgan fingerprint density at radius 3 is 2.62 bits per heavy atom. The standard InChI is InChI=1S/C12H26N2OS/c1-4-11-10-14(7-8-16(15)6-3)12(5-2)9-13-11/h11-13H,4-10H2,1-3H3. The molecule has 4 heteroatoms. The Balaban J connectivity index is 2.42. The Morgan fingerprint density at radius 2 is 2.06 bits per heavy atom. The highest BCUT2D eigenvalue weighted by Gasteiger charge is 2.25. The van der Waals surface area contributed by atoms with Crippen molar-refractivity contribution in [1.29, 1.82) is 0 Å². The van der Waals surface area contributed by atoms with Crippen LogP contribution in [0.1, 0.15) is 33.6 Å². The van der Waals surface area contributed by atoms with Crippen LogP contribution < -0.4 is 5.32 Å². The van der Waals surface area contributed by atoms with Crippen LogP contribution in [0.15, 0.2) is 0 Å². The summed E-state index contributed by atoms with van der Waals surface area (Å²) in [5, 5.41) is 3.58. The van der Waals surface area contributed by atoms with E-state index in [1.54, 1.807) is 0 Å². The fourth-order valence-electron chi connectivity index (χ4n) is 2.24. The first-order valence-electron chi connectivity index (χ1n) is 6.53. The summed E-state index contributed by atoms with van der Waals surface area (Å²) in [6.45, 7) is 9.68. The van der Waals surface area contributed by atoms with Crippen LogP contribution in [0.25, 0.3) is 0 Å². The maximum atomic E-state index is 11.5. The van der Waals surface area contributed by atoms with Gasteiger partial charge in [0.2, 0.25) is 0 Å². The lowest BCUT2D eigenvalue weighted by Crippen LogP contribution is -2.56. The summed E-state index contributed by atoms with van der Waals surface area (Å²) >= 11 is 0. The van der Waals surface area contributed by atoms with Crippen molar-refractivity contribution < 1.29 is 4.21 Å². The van der Waals surface area contributed by atoms with Crippen LogP contribution in [0.4, 0.5) is 0 Å². The molecule has 1 fully saturated rings. The first-order valence-corrected chi connectivity index (χ1v) is 8.02. The molecule has 3 unspecified atom stereocenters. The molecule has 3 atom stereocenters. The molecule has 1 N–H and O–H groups in total. The third-order valence-corrected chi connectivity index (χ3v) is 4.79. The van der Waals surface area contributed by atoms with E-state index in [0.29, 0.717) is 12.1 Å². The fraction of sp³-hybridized carbons (Fsp3) is 1.00. The molecule has 0 bridgehead atoms. The summed E-state index contributed by atoms with van der Waals surface area (Å²) in [7, 11) is -0.621. The lowest BCUT2D eigenvalue weighted by Gasteiger charge is -2.39. The molecular weight excluding hydrogens is 220 g/mol. The van der Waals surface area contributed by atoms with Gasteiger partial charge >= 0.3 is 0 Å². The third-order valence-electron chi connectivity index (χ3n) is 3.51. The fourth-order valence-corrected chi connectivity index (χ4v) is 2.97. The molecule has 0 aliphatic carbocycles. The minimum Gasteiger partial charge on any atom is -0.311 e. The first-order chi connectivity index (χ1) is 7.71. The van der Waals surface area contributed by atoms with Gasteiger partial charge in [-0.1, -0.05) is 20.8 Å². The molecule has 1 rings (SSSR count). The van der Waals surface area contributed by atoms with Gasteiger partial charge in [0.25, 0.3) is 0 Å². The Morgan fingerprint density at radius 1 is 1.31 bits per heavy atom. The summed E-state index contributed by atoms with van der Waals surface area (Å²) in [6, 6.07) is 1.26. The van der Waals surface area contributed by atoms with Gasteiger partial charge in [-0.2, -0.15) is 0 Å². The van der Waals surface area contributed by atoms with Crippen molar-refractivity contribution in [2.75, 3.05) is 31.1 Å². The van der Waals surface area contributed by atoms with Crippen molar-refractivity contribution in [3.05, 3.63) is 0 Å². The van der Waals surface area contributed by atoms with E-state index in [9.17, 15) is 4.21 Å². The van der Waals surface area contributed by atoms with Crippen molar-refractivity contribution in [1.82, 2.24) is 10.2 Å². The van der Waals surface area contributed by atoms with Gasteiger partial charge in [0.05, 0.1) is 0 Å². The topological polar surface area (TPSA) is 32.3 Å². The predicted octanol–water partition coefficient (Wildman–Crippen LogP) is 1.22. The normalized spacial score (nSPS) is 29.2. The maximum absolute atomic E-state index is 11.5. The van der Waals surface area contributed by atoms with E-state index in [0.717, 1.165) is 31.1 Å². The van der Waals surface area contributed by atoms with E-state index in [1.807, 2.05) is 6.92 Å². The van der Waals surface area contributed by atoms with E-state index < -0.39 is 10.8 Å². The van der Waals surface area contributed by atoms with Crippen LogP contribution in [0, 0.1) is 0 Å². The number of hydrogen-bond acceptors (Lipinski definition) is 3. The highest BCUT2D eigenvalue weighted by atomic mass is 32.2. The highest BCUT2D eigenvalue weighted by molar-refractivity contribution is 7.84. The molecule has 1 saturated heterocycles. The summed E-state index contributed by atoms with van der Waals surface area (Å²) in [6.07, 6.45) is 2.37. The SMILES string of the molecule is CCC1CN(CCS(=O)CC)C(CC)CN1. The minimum absolute atomic E-state index is 0.621. The number of nitrogens with one attached hydrogen (secondary N) is 1. The second-order valence-corrected chi connectivity index (χ2v) is 6.37. The average Bonchev–Trinajstić information content (AvgIpc) is 2.35. The molecule has 0 aromatic heterocycles. The van der Waals surface area contributed by atoms with Gasteiger partial charge in [-0.15, -0.1) is 0 Å². The summed E-state index contributed by atoms with van der Waals surface area (Å²) < 4.78 is 11.5. The number of nitrogens with zero attached hydrogens (tertiary/aromatic N) is 1. The van der Waals surface area contributed by atoms with E-state index in [1.165, 1.54) is 12.8 Å². The van der Waals surface area contributed by atoms with Crippen molar-refractivity contribution >= 4 is 10.8 Å². The predicted molar refractivity (Wildman–Crippen MR) is 71.3 cm³/mol. The van der Waals surface area contributed by atoms with Gasteiger partial charge in [0.15, 0.2) is 0 Å². The van der Waals surface area contributed by atoms with E-state index in [-0.39, 0.29) is 0 Å². The number of hydrogen-bond donors (Lipinski definition) is 1. The Labute approximate surface area is 102 Å². The maximum Gasteiger partial charge on any atom is 0.0362 e. The molecule has 0 spiro atoms. The molecule has 1 aliphatic rings. The molecule has 96 valence electrons. The first kappa shape index (κ1) is 14.1. The number of piperazine rings is 1. The van der Waals surface area contributed by atoms with E-state index >= 15 is 0 Å². The van der Waals surface area contributed by atoms with Crippen LogP contribution in [0.5, 0.6) is 0 Å². The van der Waals surface area contributed by atoms with Crippen molar-refractivity contribution in [3.63, 3.8) is 0 Å². The summed E-state index contributed by atoms with van der Waals surface area (Å²) in [5.74, 6) is 1.63. The van der Waals surface area contributed by atoms with Crippen molar-refractivity contribution in [2.45, 2.75) is 45.7 Å². The molecule has 1 heterocycles. The van der Waals surface area contributed by atoms with Crippen LogP contribution in [0.3, 0.4) is 0 Å². The second kappa shape index (κ2) is 7.41. The molecule has 0 aromatic rings. The Bertz CT molecular complexity index is 223. The second-order valence-electron chi connectivity index (χ2n) is 4.50. The third kappa shape index (κ3) is 4.15. The molecule has 3 nitrogen and oxygen atoms in total. The average molecular weight is 246 g/mol. The Kier molecular flexibility index (Phi) is 6.54. The van der Waals surface area contributed by atoms with Crippen LogP contribution in [0.2, 0.25) is 0 Å². The van der Waals surface area contributed by atoms with Crippen molar-refractivity contribution in [3.8, 4) is 0 Å². The lowest BCUT2D eigenvalue weighted by molar-refractivity contribution is 0.133. The monoisotopic (exact) mass is 246 g/mol. The van der Waals surface area contributed by atoms with Crippen LogP contribution in [-0.4, -0.2) is 52.3 Å². The Hall–Kier alpha value is 0.0700. The van der Waals surface area contributed by atoms with Gasteiger partial charge in [-0.3, -0.25) is 9.11 Å². The molecule has 0 aromatic carbocycles. The molecule has 0 saturated carbocycles. The molecule has 0 radical (unpaired) electrons. The molecule has 1 aliphatic heterocycles. The van der Waals surface area contributed by atoms with E-state index in [2.05, 4.69) is 24.1 Å². The minimum atomic E-state index is -0.621. The molecule has 16 heavy (non-hydrogen) atoms. The highest BCUT2D eigenvalue weighted by Crippen LogP contribution is 2.11. The molecule has 0 amide bonds. The lowest BCUT2D eigenvalue weighted by atomic mass is 10.1. The smallest absolute Gasteiger partial charge is 0.0362 e. The van der Waals surface area contributed by atoms with Crippen LogP contribution >= 0.6 is 0 Å². The van der Waals surface area contributed by atoms with E-state index in [4.69, 9.17) is 0 Å². The summed E-state index contributed by atoms with van der Waals surface area (Å²) in [5.41, 5.74) is 0. The summed E-state index contributed by atoms with van der Waals surface area (Å²) in [4.78, 5) is 2.53. The van der Waals surface area contributed by atoms with Crippen LogP contribution in [-0.2, 0) is 10.8 Å². The van der Waals surface area contributed by atoms with Gasteiger partial charge in [0.1, 0.15) is 0 Å². The zero-order valence-corrected chi connectivity index (χ0v) is 11.7. The zero-order valence-electron chi connectivity index (χ0n) is 10.9. The van der Waals surface area contributed by atoms with Gasteiger partial charge < -0.3 is 5.32 Å². The van der Waals surface area contributed by atoms with Gasteiger partial charge in [0, 0.05) is 54.0 Å². The molecular formula is C12H26N2OS.